The van der Waals surface area contributed by atoms with Gasteiger partial charge in [0.1, 0.15) is 0 Å². The molecule has 0 aliphatic heterocycles. The average molecular weight is 277 g/mol. The maximum atomic E-state index is 11.7. The second-order valence-corrected chi connectivity index (χ2v) is 4.50. The number of nitrogens with two attached hydrogens (primary N) is 1. The zero-order chi connectivity index (χ0) is 12.1. The molecule has 1 rings (SSSR count). The molecule has 0 unspecified atom stereocenters. The lowest BCUT2D eigenvalue weighted by Gasteiger charge is -2.16. The van der Waals surface area contributed by atoms with Crippen molar-refractivity contribution in [1.29, 1.82) is 0 Å². The topological polar surface area (TPSA) is 55.1 Å². The summed E-state index contributed by atoms with van der Waals surface area (Å²) in [4.78, 5) is 11.7. The fourth-order valence-electron chi connectivity index (χ4n) is 1.19. The molecular formula is C12H18Cl2N2O. The van der Waals surface area contributed by atoms with Gasteiger partial charge in [0.25, 0.3) is 5.91 Å². The highest BCUT2D eigenvalue weighted by atomic mass is 35.5. The summed E-state index contributed by atoms with van der Waals surface area (Å²) in [5, 5.41) is 3.23. The molecular weight excluding hydrogens is 259 g/mol. The minimum Gasteiger partial charge on any atom is -0.350 e. The standard InChI is InChI=1S/C12H17ClN2O.ClH/c1-8(2)11(14)7-15-12(16)9-5-3-4-6-10(9)13;/h3-6,8,11H,7,14H2,1-2H3,(H,15,16);1H/t11-;/m0./s1. The monoisotopic (exact) mass is 276 g/mol. The zero-order valence-electron chi connectivity index (χ0n) is 9.94. The normalized spacial score (nSPS) is 11.8. The van der Waals surface area contributed by atoms with Crippen molar-refractivity contribution in [2.24, 2.45) is 11.7 Å². The van der Waals surface area contributed by atoms with Gasteiger partial charge in [-0.2, -0.15) is 0 Å². The van der Waals surface area contributed by atoms with E-state index in [9.17, 15) is 4.79 Å². The largest absolute Gasteiger partial charge is 0.350 e. The van der Waals surface area contributed by atoms with Gasteiger partial charge in [0, 0.05) is 12.6 Å². The highest BCUT2D eigenvalue weighted by molar-refractivity contribution is 6.33. The molecule has 0 bridgehead atoms. The third-order valence-corrected chi connectivity index (χ3v) is 2.80. The molecule has 0 saturated carbocycles. The first-order valence-corrected chi connectivity index (χ1v) is 5.68. The fourth-order valence-corrected chi connectivity index (χ4v) is 1.41. The number of nitrogens with one attached hydrogen (secondary N) is 1. The van der Waals surface area contributed by atoms with Gasteiger partial charge in [-0.3, -0.25) is 4.79 Å². The molecule has 0 radical (unpaired) electrons. The first kappa shape index (κ1) is 16.2. The van der Waals surface area contributed by atoms with Gasteiger partial charge >= 0.3 is 0 Å². The smallest absolute Gasteiger partial charge is 0.252 e. The van der Waals surface area contributed by atoms with Crippen molar-refractivity contribution in [3.05, 3.63) is 34.9 Å². The minimum atomic E-state index is -0.179. The SMILES string of the molecule is CC(C)[C@@H](N)CNC(=O)c1ccccc1Cl.Cl. The lowest BCUT2D eigenvalue weighted by atomic mass is 10.1. The van der Waals surface area contributed by atoms with Crippen molar-refractivity contribution in [1.82, 2.24) is 5.32 Å². The van der Waals surface area contributed by atoms with E-state index in [-0.39, 0.29) is 24.4 Å². The van der Waals surface area contributed by atoms with E-state index in [1.807, 2.05) is 13.8 Å². The summed E-state index contributed by atoms with van der Waals surface area (Å²) in [5.41, 5.74) is 6.32. The minimum absolute atomic E-state index is 0. The number of carbonyl (C=O) groups excluding carboxylic acids is 1. The third kappa shape index (κ3) is 4.94. The Morgan fingerprint density at radius 1 is 1.41 bits per heavy atom. The van der Waals surface area contributed by atoms with Crippen LogP contribution in [0.5, 0.6) is 0 Å². The summed E-state index contributed by atoms with van der Waals surface area (Å²) in [7, 11) is 0. The Labute approximate surface area is 113 Å². The summed E-state index contributed by atoms with van der Waals surface area (Å²) < 4.78 is 0. The van der Waals surface area contributed by atoms with Crippen LogP contribution in [0.3, 0.4) is 0 Å². The van der Waals surface area contributed by atoms with Gasteiger partial charge in [0.2, 0.25) is 0 Å². The predicted molar refractivity (Wildman–Crippen MR) is 73.8 cm³/mol. The molecule has 0 aromatic heterocycles. The first-order chi connectivity index (χ1) is 7.52. The highest BCUT2D eigenvalue weighted by Crippen LogP contribution is 2.14. The van der Waals surface area contributed by atoms with Crippen LogP contribution in [0.2, 0.25) is 5.02 Å². The molecule has 0 aliphatic carbocycles. The van der Waals surface area contributed by atoms with Gasteiger partial charge in [-0.15, -0.1) is 12.4 Å². The zero-order valence-corrected chi connectivity index (χ0v) is 11.5. The predicted octanol–water partition coefficient (Wildman–Crippen LogP) is 2.47. The molecule has 1 aromatic carbocycles. The van der Waals surface area contributed by atoms with E-state index in [1.165, 1.54) is 0 Å². The summed E-state index contributed by atoms with van der Waals surface area (Å²) >= 11 is 5.90. The molecule has 1 amide bonds. The van der Waals surface area contributed by atoms with E-state index in [1.54, 1.807) is 24.3 Å². The van der Waals surface area contributed by atoms with E-state index < -0.39 is 0 Å². The van der Waals surface area contributed by atoms with Crippen LogP contribution in [0.15, 0.2) is 24.3 Å². The van der Waals surface area contributed by atoms with Gasteiger partial charge in [-0.25, -0.2) is 0 Å². The van der Waals surface area contributed by atoms with Crippen molar-refractivity contribution >= 4 is 29.9 Å². The van der Waals surface area contributed by atoms with Crippen LogP contribution in [0, 0.1) is 5.92 Å². The number of carbonyl (C=O) groups is 1. The Balaban J connectivity index is 0.00000256. The van der Waals surface area contributed by atoms with E-state index in [0.717, 1.165) is 0 Å². The Hall–Kier alpha value is -0.770. The lowest BCUT2D eigenvalue weighted by molar-refractivity contribution is 0.0949. The molecule has 96 valence electrons. The maximum Gasteiger partial charge on any atom is 0.252 e. The molecule has 0 spiro atoms. The second kappa shape index (κ2) is 7.54. The van der Waals surface area contributed by atoms with Crippen molar-refractivity contribution in [2.45, 2.75) is 19.9 Å². The van der Waals surface area contributed by atoms with Crippen LogP contribution in [0.25, 0.3) is 0 Å². The average Bonchev–Trinajstić information content (AvgIpc) is 2.25. The Morgan fingerprint density at radius 3 is 2.53 bits per heavy atom. The molecule has 5 heteroatoms. The van der Waals surface area contributed by atoms with Crippen LogP contribution < -0.4 is 11.1 Å². The maximum absolute atomic E-state index is 11.7. The van der Waals surface area contributed by atoms with Crippen molar-refractivity contribution in [2.75, 3.05) is 6.54 Å². The van der Waals surface area contributed by atoms with Gasteiger partial charge in [0.05, 0.1) is 10.6 Å². The van der Waals surface area contributed by atoms with Crippen LogP contribution in [-0.4, -0.2) is 18.5 Å². The van der Waals surface area contributed by atoms with Crippen LogP contribution in [0.4, 0.5) is 0 Å². The molecule has 1 aromatic rings. The lowest BCUT2D eigenvalue weighted by Crippen LogP contribution is -2.40. The van der Waals surface area contributed by atoms with E-state index in [4.69, 9.17) is 17.3 Å². The van der Waals surface area contributed by atoms with Crippen LogP contribution >= 0.6 is 24.0 Å². The molecule has 17 heavy (non-hydrogen) atoms. The van der Waals surface area contributed by atoms with Crippen LogP contribution in [-0.2, 0) is 0 Å². The van der Waals surface area contributed by atoms with Gasteiger partial charge in [-0.05, 0) is 18.1 Å². The molecule has 0 fully saturated rings. The molecule has 1 atom stereocenters. The van der Waals surface area contributed by atoms with Gasteiger partial charge in [0.15, 0.2) is 0 Å². The second-order valence-electron chi connectivity index (χ2n) is 4.10. The first-order valence-electron chi connectivity index (χ1n) is 5.30. The quantitative estimate of drug-likeness (QED) is 0.888. The number of benzene rings is 1. The summed E-state index contributed by atoms with van der Waals surface area (Å²) in [5.74, 6) is 0.160. The number of rotatable bonds is 4. The van der Waals surface area contributed by atoms with Crippen molar-refractivity contribution in [3.8, 4) is 0 Å². The Kier molecular flexibility index (Phi) is 7.19. The molecule has 0 heterocycles. The third-order valence-electron chi connectivity index (χ3n) is 2.47. The number of hydrogen-bond donors (Lipinski definition) is 2. The van der Waals surface area contributed by atoms with E-state index in [0.29, 0.717) is 23.0 Å². The van der Waals surface area contributed by atoms with Gasteiger partial charge in [-0.1, -0.05) is 37.6 Å². The number of amides is 1. The summed E-state index contributed by atoms with van der Waals surface area (Å²) in [6, 6.07) is 6.92. The fraction of sp³-hybridized carbons (Fsp3) is 0.417. The van der Waals surface area contributed by atoms with E-state index in [2.05, 4.69) is 5.32 Å². The van der Waals surface area contributed by atoms with Crippen LogP contribution in [0.1, 0.15) is 24.2 Å². The van der Waals surface area contributed by atoms with Crippen molar-refractivity contribution in [3.63, 3.8) is 0 Å². The Morgan fingerprint density at radius 2 is 2.00 bits per heavy atom. The number of halogens is 2. The number of hydrogen-bond acceptors (Lipinski definition) is 2. The Bertz CT molecular complexity index is 369. The van der Waals surface area contributed by atoms with E-state index >= 15 is 0 Å². The highest BCUT2D eigenvalue weighted by Gasteiger charge is 2.12. The van der Waals surface area contributed by atoms with Gasteiger partial charge < -0.3 is 11.1 Å². The molecule has 0 aliphatic rings. The molecule has 3 N–H and O–H groups in total. The van der Waals surface area contributed by atoms with Crippen molar-refractivity contribution < 1.29 is 4.79 Å². The molecule has 0 saturated heterocycles. The summed E-state index contributed by atoms with van der Waals surface area (Å²) in [6.07, 6.45) is 0. The summed E-state index contributed by atoms with van der Waals surface area (Å²) in [6.45, 7) is 4.50. The molecule has 3 nitrogen and oxygen atoms in total.